The van der Waals surface area contributed by atoms with E-state index in [1.54, 1.807) is 0 Å². The average Bonchev–Trinajstić information content (AvgIpc) is 3.59. The molecule has 0 rings (SSSR count). The number of carbonyl (C=O) groups is 4. The van der Waals surface area contributed by atoms with E-state index in [4.69, 9.17) is 37.0 Å². The second-order valence-electron chi connectivity index (χ2n) is 27.3. The maximum Gasteiger partial charge on any atom is 0.472 e. The molecule has 0 amide bonds. The van der Waals surface area contributed by atoms with Gasteiger partial charge in [0, 0.05) is 25.7 Å². The summed E-state index contributed by atoms with van der Waals surface area (Å²) in [5, 5.41) is 10.6. The first-order chi connectivity index (χ1) is 43.1. The first-order valence-corrected chi connectivity index (χ1v) is 39.7. The lowest BCUT2D eigenvalue weighted by Crippen LogP contribution is -2.30. The van der Waals surface area contributed by atoms with Crippen molar-refractivity contribution in [1.29, 1.82) is 0 Å². The van der Waals surface area contributed by atoms with Crippen LogP contribution < -0.4 is 0 Å². The van der Waals surface area contributed by atoms with Gasteiger partial charge in [0.1, 0.15) is 19.3 Å². The summed E-state index contributed by atoms with van der Waals surface area (Å²) < 4.78 is 68.3. The molecule has 0 radical (unpaired) electrons. The molecule has 0 aliphatic heterocycles. The van der Waals surface area contributed by atoms with Crippen LogP contribution in [-0.4, -0.2) is 96.7 Å². The van der Waals surface area contributed by atoms with E-state index < -0.39 is 97.5 Å². The maximum atomic E-state index is 13.0. The van der Waals surface area contributed by atoms with Gasteiger partial charge in [0.25, 0.3) is 0 Å². The fraction of sp³-hybridized carbons (Fsp3) is 0.944. The van der Waals surface area contributed by atoms with E-state index in [-0.39, 0.29) is 25.7 Å². The van der Waals surface area contributed by atoms with Crippen LogP contribution in [0.5, 0.6) is 0 Å². The summed E-state index contributed by atoms with van der Waals surface area (Å²) in [6.45, 7) is 14.1. The Labute approximate surface area is 549 Å². The van der Waals surface area contributed by atoms with Gasteiger partial charge in [0.05, 0.1) is 26.4 Å². The fourth-order valence-electron chi connectivity index (χ4n) is 10.6. The second kappa shape index (κ2) is 60.7. The Morgan fingerprint density at radius 1 is 0.311 bits per heavy atom. The Morgan fingerprint density at radius 2 is 0.533 bits per heavy atom. The monoisotopic (exact) mass is 1320 g/mol. The van der Waals surface area contributed by atoms with Gasteiger partial charge in [-0.15, -0.1) is 0 Å². The predicted molar refractivity (Wildman–Crippen MR) is 363 cm³/mol. The number of ether oxygens (including phenoxy) is 4. The molecule has 0 fully saturated rings. The standard InChI is InChI=1S/C71H138O17P2/c1-9-64(8)50-42-34-29-30-36-44-52-69(74)82-58-67(88-70(75)53-45-37-27-19-14-12-10-11-13-17-23-31-39-47-61(2)3)60-86-90(79,80)84-56-65(72)55-83-89(77,78)85-59-66(57-81-68(73)51-43-35-26-22-21-25-33-41-49-63(6)7)87-71(76)54-46-38-28-20-16-15-18-24-32-40-48-62(4)5/h61-67,72H,9-60H2,1-8H3,(H,77,78)(H,79,80)/t64?,65-,66-,67-/m1/s1. The predicted octanol–water partition coefficient (Wildman–Crippen LogP) is 20.1. The molecule has 0 saturated carbocycles. The lowest BCUT2D eigenvalue weighted by Gasteiger charge is -2.21. The van der Waals surface area contributed by atoms with Gasteiger partial charge in [0.2, 0.25) is 0 Å². The number of phosphoric ester groups is 2. The van der Waals surface area contributed by atoms with Crippen LogP contribution in [0.2, 0.25) is 0 Å². The number of aliphatic hydroxyl groups is 1. The minimum Gasteiger partial charge on any atom is -0.462 e. The molecule has 0 aliphatic rings. The van der Waals surface area contributed by atoms with E-state index in [1.165, 1.54) is 148 Å². The Hall–Kier alpha value is -1.94. The van der Waals surface area contributed by atoms with Gasteiger partial charge < -0.3 is 33.8 Å². The van der Waals surface area contributed by atoms with Crippen LogP contribution >= 0.6 is 15.6 Å². The van der Waals surface area contributed by atoms with Crippen molar-refractivity contribution in [2.75, 3.05) is 39.6 Å². The largest absolute Gasteiger partial charge is 0.472 e. The van der Waals surface area contributed by atoms with Gasteiger partial charge in [-0.1, -0.05) is 299 Å². The van der Waals surface area contributed by atoms with E-state index in [2.05, 4.69) is 55.4 Å². The zero-order valence-electron chi connectivity index (χ0n) is 58.8. The summed E-state index contributed by atoms with van der Waals surface area (Å²) >= 11 is 0. The minimum absolute atomic E-state index is 0.105. The van der Waals surface area contributed by atoms with E-state index in [9.17, 15) is 43.2 Å². The Balaban J connectivity index is 5.25. The summed E-state index contributed by atoms with van der Waals surface area (Å²) in [5.41, 5.74) is 0. The molecule has 534 valence electrons. The maximum absolute atomic E-state index is 13.0. The lowest BCUT2D eigenvalue weighted by atomic mass is 10.00. The molecule has 0 spiro atoms. The smallest absolute Gasteiger partial charge is 0.462 e. The van der Waals surface area contributed by atoms with Crippen molar-refractivity contribution < 1.29 is 80.2 Å². The highest BCUT2D eigenvalue weighted by Crippen LogP contribution is 2.45. The summed E-state index contributed by atoms with van der Waals surface area (Å²) in [4.78, 5) is 72.6. The second-order valence-corrected chi connectivity index (χ2v) is 30.2. The van der Waals surface area contributed by atoms with E-state index in [0.29, 0.717) is 25.7 Å². The van der Waals surface area contributed by atoms with Crippen LogP contribution in [0.1, 0.15) is 351 Å². The highest BCUT2D eigenvalue weighted by Gasteiger charge is 2.30. The molecule has 17 nitrogen and oxygen atoms in total. The van der Waals surface area contributed by atoms with Crippen molar-refractivity contribution in [3.8, 4) is 0 Å². The third-order valence-electron chi connectivity index (χ3n) is 16.7. The molecule has 0 bridgehead atoms. The number of hydrogen-bond acceptors (Lipinski definition) is 15. The van der Waals surface area contributed by atoms with Crippen LogP contribution in [0, 0.1) is 23.7 Å². The molecule has 19 heteroatoms. The number of rotatable bonds is 68. The molecule has 0 aromatic carbocycles. The topological polar surface area (TPSA) is 237 Å². The number of esters is 4. The normalized spacial score (nSPS) is 14.6. The fourth-order valence-corrected chi connectivity index (χ4v) is 12.2. The van der Waals surface area contributed by atoms with Crippen molar-refractivity contribution in [1.82, 2.24) is 0 Å². The third-order valence-corrected chi connectivity index (χ3v) is 18.6. The zero-order valence-corrected chi connectivity index (χ0v) is 60.6. The summed E-state index contributed by atoms with van der Waals surface area (Å²) in [6.07, 6.45) is 43.1. The molecule has 3 unspecified atom stereocenters. The first-order valence-electron chi connectivity index (χ1n) is 36.7. The summed E-state index contributed by atoms with van der Waals surface area (Å²) in [6, 6.07) is 0. The molecular formula is C71H138O17P2. The Kier molecular flexibility index (Phi) is 59.4. The zero-order chi connectivity index (χ0) is 66.8. The SMILES string of the molecule is CCC(C)CCCCCCCCC(=O)OC[C@H](COP(=O)(O)OC[C@H](O)COP(=O)(O)OC[C@@H](COC(=O)CCCCCCCCCCC(C)C)OC(=O)CCCCCCCCCCCCC(C)C)OC(=O)CCCCCCCCCCCCCCCC(C)C. The lowest BCUT2D eigenvalue weighted by molar-refractivity contribution is -0.161. The van der Waals surface area contributed by atoms with Crippen LogP contribution in [0.3, 0.4) is 0 Å². The summed E-state index contributed by atoms with van der Waals surface area (Å²) in [7, 11) is -9.90. The van der Waals surface area contributed by atoms with Gasteiger partial charge in [-0.3, -0.25) is 37.3 Å². The molecule has 0 aliphatic carbocycles. The number of hydrogen-bond donors (Lipinski definition) is 3. The number of unbranched alkanes of at least 4 members (excludes halogenated alkanes) is 33. The van der Waals surface area contributed by atoms with Gasteiger partial charge in [0.15, 0.2) is 12.2 Å². The van der Waals surface area contributed by atoms with E-state index in [0.717, 1.165) is 120 Å². The Bertz CT molecular complexity index is 1780. The van der Waals surface area contributed by atoms with Gasteiger partial charge in [-0.05, 0) is 49.4 Å². The molecule has 0 saturated heterocycles. The molecular weight excluding hydrogens is 1190 g/mol. The Morgan fingerprint density at radius 3 is 0.789 bits per heavy atom. The number of carbonyl (C=O) groups excluding carboxylic acids is 4. The van der Waals surface area contributed by atoms with Crippen molar-refractivity contribution in [2.45, 2.75) is 369 Å². The summed E-state index contributed by atoms with van der Waals surface area (Å²) in [5.74, 6) is 0.867. The average molecular weight is 1330 g/mol. The van der Waals surface area contributed by atoms with Gasteiger partial charge in [-0.25, -0.2) is 9.13 Å². The van der Waals surface area contributed by atoms with Gasteiger partial charge >= 0.3 is 39.5 Å². The number of phosphoric acid groups is 2. The van der Waals surface area contributed by atoms with Gasteiger partial charge in [-0.2, -0.15) is 0 Å². The molecule has 0 heterocycles. The molecule has 0 aromatic heterocycles. The van der Waals surface area contributed by atoms with Crippen LogP contribution in [0.15, 0.2) is 0 Å². The molecule has 6 atom stereocenters. The van der Waals surface area contributed by atoms with Crippen molar-refractivity contribution in [3.05, 3.63) is 0 Å². The third kappa shape index (κ3) is 63.5. The highest BCUT2D eigenvalue weighted by atomic mass is 31.2. The van der Waals surface area contributed by atoms with Crippen molar-refractivity contribution in [3.63, 3.8) is 0 Å². The van der Waals surface area contributed by atoms with Crippen LogP contribution in [0.4, 0.5) is 0 Å². The van der Waals surface area contributed by atoms with Crippen molar-refractivity contribution in [2.24, 2.45) is 23.7 Å². The number of aliphatic hydroxyl groups excluding tert-OH is 1. The van der Waals surface area contributed by atoms with Crippen LogP contribution in [-0.2, 0) is 65.4 Å². The minimum atomic E-state index is -4.95. The molecule has 3 N–H and O–H groups in total. The molecule has 0 aromatic rings. The van der Waals surface area contributed by atoms with Crippen molar-refractivity contribution >= 4 is 39.5 Å². The highest BCUT2D eigenvalue weighted by molar-refractivity contribution is 7.47. The molecule has 90 heavy (non-hydrogen) atoms. The van der Waals surface area contributed by atoms with E-state index >= 15 is 0 Å². The van der Waals surface area contributed by atoms with E-state index in [1.807, 2.05) is 0 Å². The van der Waals surface area contributed by atoms with Crippen LogP contribution in [0.25, 0.3) is 0 Å². The quantitative estimate of drug-likeness (QED) is 0.0222. The first kappa shape index (κ1) is 88.1.